The molecule has 0 radical (unpaired) electrons. The first-order valence-corrected chi connectivity index (χ1v) is 10.3. The molecule has 1 aliphatic rings. The molecule has 1 saturated heterocycles. The molecule has 5 nitrogen and oxygen atoms in total. The van der Waals surface area contributed by atoms with E-state index >= 15 is 0 Å². The molecule has 0 aromatic heterocycles. The summed E-state index contributed by atoms with van der Waals surface area (Å²) in [5.74, 6) is -0.565. The summed E-state index contributed by atoms with van der Waals surface area (Å²) in [5.41, 5.74) is 1.54. The molecule has 2 aromatic carbocycles. The van der Waals surface area contributed by atoms with E-state index in [2.05, 4.69) is 15.5 Å². The first-order valence-electron chi connectivity index (χ1n) is 8.86. The second kappa shape index (κ2) is 9.39. The molecule has 0 aliphatic carbocycles. The van der Waals surface area contributed by atoms with Gasteiger partial charge in [-0.1, -0.05) is 6.07 Å². The fourth-order valence-electron chi connectivity index (χ4n) is 3.14. The van der Waals surface area contributed by atoms with Crippen molar-refractivity contribution >= 4 is 33.6 Å². The minimum atomic E-state index is -3.80. The van der Waals surface area contributed by atoms with E-state index in [9.17, 15) is 12.8 Å². The maximum Gasteiger partial charge on any atom is 0.208 e. The fraction of sp³-hybridized carbons (Fsp3) is 0.368. The van der Waals surface area contributed by atoms with Crippen molar-refractivity contribution in [3.05, 3.63) is 48.3 Å². The van der Waals surface area contributed by atoms with Crippen LogP contribution in [0.1, 0.15) is 13.3 Å². The molecular weight excluding hydrogens is 389 g/mol. The molecule has 1 heterocycles. The second-order valence-electron chi connectivity index (χ2n) is 6.26. The van der Waals surface area contributed by atoms with E-state index in [1.54, 1.807) is 6.07 Å². The van der Waals surface area contributed by atoms with Crippen molar-refractivity contribution in [1.82, 2.24) is 5.32 Å². The summed E-state index contributed by atoms with van der Waals surface area (Å²) in [6, 6.07) is 10.4. The highest BCUT2D eigenvalue weighted by Crippen LogP contribution is 2.32. The van der Waals surface area contributed by atoms with E-state index in [0.29, 0.717) is 12.2 Å². The van der Waals surface area contributed by atoms with Crippen LogP contribution in [0.3, 0.4) is 0 Å². The van der Waals surface area contributed by atoms with Gasteiger partial charge in [0.2, 0.25) is 9.84 Å². The van der Waals surface area contributed by atoms with Crippen molar-refractivity contribution in [2.24, 2.45) is 0 Å². The molecule has 2 N–H and O–H groups in total. The van der Waals surface area contributed by atoms with Crippen LogP contribution in [0.25, 0.3) is 0 Å². The van der Waals surface area contributed by atoms with Crippen LogP contribution in [0.5, 0.6) is 0 Å². The quantitative estimate of drug-likeness (QED) is 0.787. The number of anilines is 2. The third-order valence-corrected chi connectivity index (χ3v) is 6.24. The van der Waals surface area contributed by atoms with Gasteiger partial charge in [-0.2, -0.15) is 0 Å². The van der Waals surface area contributed by atoms with Gasteiger partial charge in [-0.15, -0.1) is 12.4 Å². The zero-order chi connectivity index (χ0) is 18.6. The number of benzene rings is 2. The lowest BCUT2D eigenvalue weighted by Crippen LogP contribution is -2.28. The van der Waals surface area contributed by atoms with Crippen molar-refractivity contribution in [2.75, 3.05) is 42.9 Å². The second-order valence-corrected chi connectivity index (χ2v) is 8.18. The van der Waals surface area contributed by atoms with E-state index in [-0.39, 0.29) is 22.2 Å². The Morgan fingerprint density at radius 2 is 1.96 bits per heavy atom. The average molecular weight is 414 g/mol. The standard InChI is InChI=1S/C19H24FN3O2S.ClH/c1-2-22-18-14-16(23-11-4-9-21-10-12-23)7-8-19(18)26(24,25)17-6-3-5-15(20)13-17;/h3,5-8,13-14,21-22H,2,4,9-12H2,1H3;1H. The van der Waals surface area contributed by atoms with Crippen LogP contribution in [-0.4, -0.2) is 41.1 Å². The first-order chi connectivity index (χ1) is 12.5. The molecule has 148 valence electrons. The molecule has 0 unspecified atom stereocenters. The summed E-state index contributed by atoms with van der Waals surface area (Å²) in [7, 11) is -3.80. The number of hydrogen-bond acceptors (Lipinski definition) is 5. The van der Waals surface area contributed by atoms with Crippen molar-refractivity contribution < 1.29 is 12.8 Å². The smallest absolute Gasteiger partial charge is 0.208 e. The zero-order valence-electron chi connectivity index (χ0n) is 15.2. The predicted molar refractivity (Wildman–Crippen MR) is 109 cm³/mol. The van der Waals surface area contributed by atoms with Crippen LogP contribution >= 0.6 is 12.4 Å². The highest BCUT2D eigenvalue weighted by molar-refractivity contribution is 7.91. The Balaban J connectivity index is 0.00000261. The lowest BCUT2D eigenvalue weighted by atomic mass is 10.2. The molecule has 0 amide bonds. The molecule has 1 aliphatic heterocycles. The zero-order valence-corrected chi connectivity index (χ0v) is 16.9. The topological polar surface area (TPSA) is 61.4 Å². The van der Waals surface area contributed by atoms with Gasteiger partial charge in [-0.25, -0.2) is 12.8 Å². The first kappa shape index (κ1) is 21.5. The summed E-state index contributed by atoms with van der Waals surface area (Å²) in [6.45, 7) is 6.20. The van der Waals surface area contributed by atoms with Gasteiger partial charge in [0.25, 0.3) is 0 Å². The van der Waals surface area contributed by atoms with Crippen LogP contribution in [0.2, 0.25) is 0 Å². The molecule has 0 spiro atoms. The van der Waals surface area contributed by atoms with Gasteiger partial charge < -0.3 is 15.5 Å². The molecular formula is C19H25ClFN3O2S. The van der Waals surface area contributed by atoms with Gasteiger partial charge in [0.1, 0.15) is 5.82 Å². The number of nitrogens with zero attached hydrogens (tertiary/aromatic N) is 1. The van der Waals surface area contributed by atoms with Gasteiger partial charge in [0, 0.05) is 31.9 Å². The van der Waals surface area contributed by atoms with E-state index in [1.165, 1.54) is 18.2 Å². The molecule has 0 bridgehead atoms. The fourth-order valence-corrected chi connectivity index (χ4v) is 4.59. The normalized spacial score (nSPS) is 15.0. The minimum absolute atomic E-state index is 0. The molecule has 1 fully saturated rings. The van der Waals surface area contributed by atoms with Crippen LogP contribution in [0, 0.1) is 5.82 Å². The lowest BCUT2D eigenvalue weighted by Gasteiger charge is -2.24. The van der Waals surface area contributed by atoms with E-state index in [1.807, 2.05) is 19.1 Å². The summed E-state index contributed by atoms with van der Waals surface area (Å²) >= 11 is 0. The van der Waals surface area contributed by atoms with Crippen molar-refractivity contribution in [3.8, 4) is 0 Å². The highest BCUT2D eigenvalue weighted by Gasteiger charge is 2.23. The number of halogens is 2. The van der Waals surface area contributed by atoms with Crippen LogP contribution < -0.4 is 15.5 Å². The summed E-state index contributed by atoms with van der Waals surface area (Å²) in [5, 5.41) is 6.51. The Morgan fingerprint density at radius 3 is 2.70 bits per heavy atom. The Labute approximate surface area is 166 Å². The van der Waals surface area contributed by atoms with E-state index in [4.69, 9.17) is 0 Å². The molecule has 0 saturated carbocycles. The maximum absolute atomic E-state index is 13.5. The summed E-state index contributed by atoms with van der Waals surface area (Å²) in [4.78, 5) is 2.38. The molecule has 8 heteroatoms. The molecule has 2 aromatic rings. The van der Waals surface area contributed by atoms with Gasteiger partial charge in [-0.3, -0.25) is 0 Å². The lowest BCUT2D eigenvalue weighted by molar-refractivity contribution is 0.591. The van der Waals surface area contributed by atoms with Gasteiger partial charge >= 0.3 is 0 Å². The minimum Gasteiger partial charge on any atom is -0.384 e. The Kier molecular flexibility index (Phi) is 7.47. The summed E-state index contributed by atoms with van der Waals surface area (Å²) < 4.78 is 39.5. The third-order valence-electron chi connectivity index (χ3n) is 4.43. The van der Waals surface area contributed by atoms with Gasteiger partial charge in [0.05, 0.1) is 15.5 Å². The Hall–Kier alpha value is -1.83. The average Bonchev–Trinajstić information content (AvgIpc) is 2.91. The number of rotatable bonds is 5. The van der Waals surface area contributed by atoms with Crippen molar-refractivity contribution in [1.29, 1.82) is 0 Å². The van der Waals surface area contributed by atoms with Crippen LogP contribution in [0.4, 0.5) is 15.8 Å². The largest absolute Gasteiger partial charge is 0.384 e. The molecule has 3 rings (SSSR count). The highest BCUT2D eigenvalue weighted by atomic mass is 35.5. The van der Waals surface area contributed by atoms with Gasteiger partial charge in [0.15, 0.2) is 0 Å². The van der Waals surface area contributed by atoms with Crippen molar-refractivity contribution in [3.63, 3.8) is 0 Å². The number of sulfone groups is 1. The predicted octanol–water partition coefficient (Wildman–Crippen LogP) is 3.31. The Morgan fingerprint density at radius 1 is 1.15 bits per heavy atom. The monoisotopic (exact) mass is 413 g/mol. The van der Waals surface area contributed by atoms with Gasteiger partial charge in [-0.05, 0) is 56.3 Å². The van der Waals surface area contributed by atoms with E-state index < -0.39 is 15.7 Å². The van der Waals surface area contributed by atoms with E-state index in [0.717, 1.165) is 44.4 Å². The summed E-state index contributed by atoms with van der Waals surface area (Å²) in [6.07, 6.45) is 1.04. The Bertz CT molecular complexity index is 869. The van der Waals surface area contributed by atoms with Crippen LogP contribution in [0.15, 0.2) is 52.3 Å². The SMILES string of the molecule is CCNc1cc(N2CCCNCC2)ccc1S(=O)(=O)c1cccc(F)c1.Cl. The number of nitrogens with one attached hydrogen (secondary N) is 2. The van der Waals surface area contributed by atoms with Crippen molar-refractivity contribution in [2.45, 2.75) is 23.1 Å². The third kappa shape index (κ3) is 4.91. The molecule has 27 heavy (non-hydrogen) atoms. The molecule has 0 atom stereocenters. The maximum atomic E-state index is 13.5. The number of hydrogen-bond donors (Lipinski definition) is 2. The van der Waals surface area contributed by atoms with Crippen LogP contribution in [-0.2, 0) is 9.84 Å².